The van der Waals surface area contributed by atoms with E-state index in [1.165, 1.54) is 0 Å². The van der Waals surface area contributed by atoms with Crippen molar-refractivity contribution in [1.29, 1.82) is 0 Å². The minimum atomic E-state index is -1.90. The van der Waals surface area contributed by atoms with Crippen molar-refractivity contribution in [2.75, 3.05) is 10.2 Å². The molecule has 0 aromatic heterocycles. The molecule has 0 bridgehead atoms. The molecule has 1 heterocycles. The summed E-state index contributed by atoms with van der Waals surface area (Å²) in [5.74, 6) is -2.86. The molecule has 3 rings (SSSR count). The predicted molar refractivity (Wildman–Crippen MR) is 114 cm³/mol. The number of primary amides is 1. The molecule has 1 aliphatic rings. The van der Waals surface area contributed by atoms with Gasteiger partial charge in [-0.15, -0.1) is 0 Å². The lowest BCUT2D eigenvalue weighted by atomic mass is 9.81. The molecule has 7 heteroatoms. The molecule has 1 saturated heterocycles. The Kier molecular flexibility index (Phi) is 5.48. The summed E-state index contributed by atoms with van der Waals surface area (Å²) in [6.45, 7) is 7.64. The summed E-state index contributed by atoms with van der Waals surface area (Å²) >= 11 is 0. The average molecular weight is 407 g/mol. The Hall–Kier alpha value is -3.48. The molecule has 2 aromatic rings. The van der Waals surface area contributed by atoms with Crippen molar-refractivity contribution in [1.82, 2.24) is 0 Å². The highest BCUT2D eigenvalue weighted by Gasteiger charge is 2.57. The monoisotopic (exact) mass is 407 g/mol. The fourth-order valence-corrected chi connectivity index (χ4v) is 3.58. The maximum Gasteiger partial charge on any atom is 0.250 e. The van der Waals surface area contributed by atoms with E-state index < -0.39 is 41.9 Å². The Morgan fingerprint density at radius 3 is 2.13 bits per heavy atom. The first-order valence-electron chi connectivity index (χ1n) is 9.67. The van der Waals surface area contributed by atoms with Crippen LogP contribution in [-0.2, 0) is 19.2 Å². The van der Waals surface area contributed by atoms with E-state index in [1.54, 1.807) is 30.3 Å². The summed E-state index contributed by atoms with van der Waals surface area (Å²) < 4.78 is 0. The van der Waals surface area contributed by atoms with Crippen LogP contribution in [-0.4, -0.2) is 23.6 Å². The largest absolute Gasteiger partial charge is 0.369 e. The van der Waals surface area contributed by atoms with E-state index in [9.17, 15) is 19.2 Å². The molecular weight excluding hydrogens is 382 g/mol. The number of carbonyl (C=O) groups is 4. The van der Waals surface area contributed by atoms with Gasteiger partial charge in [-0.1, -0.05) is 12.1 Å². The average Bonchev–Trinajstić information content (AvgIpc) is 2.91. The second-order valence-corrected chi connectivity index (χ2v) is 7.95. The van der Waals surface area contributed by atoms with Gasteiger partial charge in [0.2, 0.25) is 17.7 Å². The van der Waals surface area contributed by atoms with Gasteiger partial charge in [0.25, 0.3) is 5.91 Å². The normalized spacial score (nSPS) is 18.6. The number of nitrogens with one attached hydrogen (secondary N) is 1. The number of hydrogen-bond donors (Lipinski definition) is 2. The van der Waals surface area contributed by atoms with Crippen LogP contribution >= 0.6 is 0 Å². The van der Waals surface area contributed by atoms with Crippen LogP contribution in [0.2, 0.25) is 0 Å². The van der Waals surface area contributed by atoms with E-state index in [2.05, 4.69) is 5.32 Å². The van der Waals surface area contributed by atoms with Crippen LogP contribution in [0, 0.1) is 33.1 Å². The van der Waals surface area contributed by atoms with E-state index in [1.807, 2.05) is 33.8 Å². The molecule has 2 aromatic carbocycles. The number of carbonyl (C=O) groups excluding carboxylic acids is 4. The third-order valence-electron chi connectivity index (χ3n) is 5.79. The maximum absolute atomic E-state index is 13.2. The summed E-state index contributed by atoms with van der Waals surface area (Å²) in [4.78, 5) is 51.8. The van der Waals surface area contributed by atoms with Gasteiger partial charge in [0.05, 0.1) is 18.5 Å². The van der Waals surface area contributed by atoms with Crippen molar-refractivity contribution in [3.05, 3.63) is 58.7 Å². The van der Waals surface area contributed by atoms with Gasteiger partial charge < -0.3 is 11.1 Å². The van der Waals surface area contributed by atoms with Gasteiger partial charge in [0, 0.05) is 5.69 Å². The lowest BCUT2D eigenvalue weighted by Gasteiger charge is -2.23. The molecule has 0 aliphatic carbocycles. The molecule has 0 saturated carbocycles. The van der Waals surface area contributed by atoms with Crippen molar-refractivity contribution in [3.8, 4) is 0 Å². The van der Waals surface area contributed by atoms with Crippen LogP contribution in [0.25, 0.3) is 0 Å². The Balaban J connectivity index is 1.88. The fraction of sp³-hybridized carbons (Fsp3) is 0.304. The third kappa shape index (κ3) is 3.70. The summed E-state index contributed by atoms with van der Waals surface area (Å²) in [6.07, 6.45) is -0.935. The van der Waals surface area contributed by atoms with Gasteiger partial charge in [-0.3, -0.25) is 19.2 Å². The van der Waals surface area contributed by atoms with Gasteiger partial charge in [0.1, 0.15) is 5.41 Å². The van der Waals surface area contributed by atoms with E-state index in [0.717, 1.165) is 27.2 Å². The molecule has 1 unspecified atom stereocenters. The number of rotatable bonds is 5. The number of benzene rings is 2. The number of aryl methyl sites for hydroxylation is 4. The summed E-state index contributed by atoms with van der Waals surface area (Å²) in [7, 11) is 0. The van der Waals surface area contributed by atoms with Crippen molar-refractivity contribution in [2.24, 2.45) is 11.1 Å². The summed E-state index contributed by atoms with van der Waals surface area (Å²) in [5, 5.41) is 2.69. The van der Waals surface area contributed by atoms with Crippen molar-refractivity contribution >= 4 is 35.0 Å². The first-order chi connectivity index (χ1) is 14.0. The maximum atomic E-state index is 13.2. The Bertz CT molecular complexity index is 1080. The van der Waals surface area contributed by atoms with Crippen LogP contribution in [0.5, 0.6) is 0 Å². The van der Waals surface area contributed by atoms with Gasteiger partial charge >= 0.3 is 0 Å². The van der Waals surface area contributed by atoms with Crippen LogP contribution in [0.3, 0.4) is 0 Å². The molecule has 0 spiro atoms. The zero-order valence-corrected chi connectivity index (χ0v) is 17.5. The highest BCUT2D eigenvalue weighted by atomic mass is 16.2. The molecule has 7 nitrogen and oxygen atoms in total. The van der Waals surface area contributed by atoms with Gasteiger partial charge in [0.15, 0.2) is 0 Å². The Morgan fingerprint density at radius 1 is 0.967 bits per heavy atom. The van der Waals surface area contributed by atoms with Crippen molar-refractivity contribution in [3.63, 3.8) is 0 Å². The standard InChI is InChI=1S/C23H25N3O4/c1-13-5-7-17(9-15(13)3)25-19(27)11-23(21(24)29)12-20(28)26(22(23)30)18-8-6-14(2)16(4)10-18/h5-10H,11-12H2,1-4H3,(H2,24,29)(H,25,27). The quantitative estimate of drug-likeness (QED) is 0.586. The highest BCUT2D eigenvalue weighted by molar-refractivity contribution is 6.30. The molecule has 3 N–H and O–H groups in total. The first-order valence-corrected chi connectivity index (χ1v) is 9.67. The zero-order chi connectivity index (χ0) is 22.2. The van der Waals surface area contributed by atoms with Crippen LogP contribution in [0.4, 0.5) is 11.4 Å². The van der Waals surface area contributed by atoms with Crippen LogP contribution < -0.4 is 16.0 Å². The number of nitrogens with zero attached hydrogens (tertiary/aromatic N) is 1. The number of amides is 4. The highest BCUT2D eigenvalue weighted by Crippen LogP contribution is 2.39. The minimum Gasteiger partial charge on any atom is -0.369 e. The van der Waals surface area contributed by atoms with Gasteiger partial charge in [-0.2, -0.15) is 0 Å². The Labute approximate surface area is 175 Å². The summed E-state index contributed by atoms with van der Waals surface area (Å²) in [5.41, 5.74) is 8.53. The van der Waals surface area contributed by atoms with E-state index >= 15 is 0 Å². The van der Waals surface area contributed by atoms with Crippen LogP contribution in [0.15, 0.2) is 36.4 Å². The smallest absolute Gasteiger partial charge is 0.250 e. The van der Waals surface area contributed by atoms with E-state index in [0.29, 0.717) is 11.4 Å². The number of hydrogen-bond acceptors (Lipinski definition) is 4. The number of anilines is 2. The molecule has 1 fully saturated rings. The molecular formula is C23H25N3O4. The van der Waals surface area contributed by atoms with Crippen LogP contribution in [0.1, 0.15) is 35.1 Å². The SMILES string of the molecule is Cc1ccc(NC(=O)CC2(C(N)=O)CC(=O)N(c3ccc(C)c(C)c3)C2=O)cc1C. The van der Waals surface area contributed by atoms with Crippen molar-refractivity contribution < 1.29 is 19.2 Å². The molecule has 0 radical (unpaired) electrons. The second-order valence-electron chi connectivity index (χ2n) is 7.95. The Morgan fingerprint density at radius 2 is 1.57 bits per heavy atom. The lowest BCUT2D eigenvalue weighted by molar-refractivity contribution is -0.141. The molecule has 1 atom stereocenters. The number of imide groups is 1. The van der Waals surface area contributed by atoms with Gasteiger partial charge in [-0.05, 0) is 74.2 Å². The summed E-state index contributed by atoms with van der Waals surface area (Å²) in [6, 6.07) is 10.5. The number of nitrogens with two attached hydrogens (primary N) is 1. The predicted octanol–water partition coefficient (Wildman–Crippen LogP) is 2.68. The fourth-order valence-electron chi connectivity index (χ4n) is 3.58. The minimum absolute atomic E-state index is 0.366. The topological polar surface area (TPSA) is 110 Å². The first kappa shape index (κ1) is 21.2. The molecule has 156 valence electrons. The van der Waals surface area contributed by atoms with Gasteiger partial charge in [-0.25, -0.2) is 4.90 Å². The molecule has 30 heavy (non-hydrogen) atoms. The van der Waals surface area contributed by atoms with E-state index in [-0.39, 0.29) is 0 Å². The zero-order valence-electron chi connectivity index (χ0n) is 17.5. The van der Waals surface area contributed by atoms with E-state index in [4.69, 9.17) is 5.73 Å². The molecule has 1 aliphatic heterocycles. The lowest BCUT2D eigenvalue weighted by Crippen LogP contribution is -2.46. The molecule has 4 amide bonds. The van der Waals surface area contributed by atoms with Crippen molar-refractivity contribution in [2.45, 2.75) is 40.5 Å². The third-order valence-corrected chi connectivity index (χ3v) is 5.79. The second kappa shape index (κ2) is 7.74.